The van der Waals surface area contributed by atoms with Crippen LogP contribution in [0.5, 0.6) is 0 Å². The molecule has 0 aliphatic carbocycles. The van der Waals surface area contributed by atoms with Crippen molar-refractivity contribution in [2.75, 3.05) is 13.1 Å². The Morgan fingerprint density at radius 3 is 2.49 bits per heavy atom. The Balaban J connectivity index is 1.54. The molecule has 13 heteroatoms. The molecule has 3 heterocycles. The fourth-order valence-corrected chi connectivity index (χ4v) is 3.76. The Labute approximate surface area is 201 Å². The number of pyridine rings is 1. The van der Waals surface area contributed by atoms with E-state index in [1.54, 1.807) is 13.8 Å². The number of aryl methyl sites for hydroxylation is 1. The van der Waals surface area contributed by atoms with Crippen LogP contribution in [-0.2, 0) is 6.18 Å². The van der Waals surface area contributed by atoms with Crippen LogP contribution in [0.3, 0.4) is 0 Å². The van der Waals surface area contributed by atoms with Crippen molar-refractivity contribution < 1.29 is 27.2 Å². The Morgan fingerprint density at radius 1 is 1.17 bits per heavy atom. The summed E-state index contributed by atoms with van der Waals surface area (Å²) in [6.07, 6.45) is -4.35. The summed E-state index contributed by atoms with van der Waals surface area (Å²) in [4.78, 5) is 34.9. The molecule has 8 nitrogen and oxygen atoms in total. The Hall–Kier alpha value is -3.54. The zero-order valence-electron chi connectivity index (χ0n) is 18.5. The Morgan fingerprint density at radius 2 is 1.89 bits per heavy atom. The molecular formula is C22H19ClF4N6O2. The summed E-state index contributed by atoms with van der Waals surface area (Å²) >= 11 is 5.78. The van der Waals surface area contributed by atoms with Gasteiger partial charge in [0.1, 0.15) is 12.0 Å². The third-order valence-corrected chi connectivity index (χ3v) is 5.51. The number of carbonyl (C=O) groups is 2. The van der Waals surface area contributed by atoms with Crippen LogP contribution in [0, 0.1) is 6.92 Å². The maximum absolute atomic E-state index is 13.1. The topological polar surface area (TPSA) is 93.0 Å². The summed E-state index contributed by atoms with van der Waals surface area (Å²) in [6, 6.07) is 4.85. The second-order valence-corrected chi connectivity index (χ2v) is 8.50. The lowest BCUT2D eigenvalue weighted by atomic mass is 10.1. The van der Waals surface area contributed by atoms with Crippen molar-refractivity contribution in [3.63, 3.8) is 0 Å². The van der Waals surface area contributed by atoms with Crippen molar-refractivity contribution in [2.45, 2.75) is 32.2 Å². The number of halogens is 5. The van der Waals surface area contributed by atoms with Crippen molar-refractivity contribution in [3.05, 3.63) is 69.9 Å². The monoisotopic (exact) mass is 510 g/mol. The van der Waals surface area contributed by atoms with Gasteiger partial charge in [0.05, 0.1) is 30.3 Å². The number of carbonyl (C=O) groups excluding carboxylic acids is 2. The number of nitrogens with zero attached hydrogens (tertiary/aromatic N) is 5. The van der Waals surface area contributed by atoms with Crippen LogP contribution >= 0.6 is 11.6 Å². The van der Waals surface area contributed by atoms with Crippen LogP contribution in [-0.4, -0.2) is 55.7 Å². The fraction of sp³-hybridized carbons (Fsp3) is 0.318. The fourth-order valence-electron chi connectivity index (χ4n) is 3.52. The number of alkyl halides is 4. The van der Waals surface area contributed by atoms with Crippen molar-refractivity contribution in [2.24, 2.45) is 0 Å². The molecular weight excluding hydrogens is 492 g/mol. The van der Waals surface area contributed by atoms with Gasteiger partial charge in [0.15, 0.2) is 11.6 Å². The van der Waals surface area contributed by atoms with Crippen LogP contribution in [0.2, 0.25) is 5.02 Å². The van der Waals surface area contributed by atoms with Gasteiger partial charge in [-0.25, -0.2) is 14.4 Å². The first kappa shape index (κ1) is 24.6. The lowest BCUT2D eigenvalue weighted by Crippen LogP contribution is -2.51. The largest absolute Gasteiger partial charge is 0.416 e. The molecule has 1 saturated heterocycles. The second-order valence-electron chi connectivity index (χ2n) is 8.06. The smallest absolute Gasteiger partial charge is 0.342 e. The van der Waals surface area contributed by atoms with E-state index in [9.17, 15) is 27.2 Å². The molecule has 1 aliphatic rings. The summed E-state index contributed by atoms with van der Waals surface area (Å²) in [5.74, 6) is -0.198. The molecule has 1 atom stereocenters. The molecule has 1 aliphatic heterocycles. The average molecular weight is 511 g/mol. The molecule has 1 aromatic carbocycles. The number of amides is 2. The maximum atomic E-state index is 13.1. The molecule has 1 fully saturated rings. The van der Waals surface area contributed by atoms with Crippen LogP contribution in [0.15, 0.2) is 36.5 Å². The molecule has 1 N–H and O–H groups in total. The summed E-state index contributed by atoms with van der Waals surface area (Å²) in [7, 11) is 0. The van der Waals surface area contributed by atoms with Gasteiger partial charge in [0.25, 0.3) is 11.8 Å². The highest BCUT2D eigenvalue weighted by atomic mass is 35.5. The van der Waals surface area contributed by atoms with Gasteiger partial charge in [0, 0.05) is 16.8 Å². The number of likely N-dealkylation sites (tertiary alicyclic amines) is 1. The summed E-state index contributed by atoms with van der Waals surface area (Å²) < 4.78 is 53.6. The second kappa shape index (κ2) is 9.25. The molecule has 0 spiro atoms. The standard InChI is InChI=1S/C22H19ClF4N6O2/c1-11(29-20(34)14-5-15(22(25,26)27)7-16(23)6-14)19-30-12(2)31-33(19)18-4-3-13(8-28-18)21(35)32-9-17(24)10-32/h3-8,11,17H,9-10H2,1-2H3,(H,29,34). The molecule has 0 radical (unpaired) electrons. The SMILES string of the molecule is Cc1nc(C(C)NC(=O)c2cc(Cl)cc(C(F)(F)F)c2)n(-c2ccc(C(=O)N3CC(F)C3)cn2)n1. The first-order valence-corrected chi connectivity index (χ1v) is 10.8. The predicted molar refractivity (Wildman–Crippen MR) is 117 cm³/mol. The molecule has 184 valence electrons. The van der Waals surface area contributed by atoms with Crippen molar-refractivity contribution in [1.29, 1.82) is 0 Å². The molecule has 4 rings (SSSR count). The summed E-state index contributed by atoms with van der Waals surface area (Å²) in [6.45, 7) is 3.29. The van der Waals surface area contributed by atoms with Gasteiger partial charge in [-0.05, 0) is 44.2 Å². The molecule has 0 bridgehead atoms. The normalized spacial score (nSPS) is 15.0. The summed E-state index contributed by atoms with van der Waals surface area (Å²) in [5.41, 5.74) is -1.02. The van der Waals surface area contributed by atoms with E-state index in [1.807, 2.05) is 0 Å². The Bertz CT molecular complexity index is 1270. The number of rotatable bonds is 5. The number of hydrogen-bond donors (Lipinski definition) is 1. The average Bonchev–Trinajstić information content (AvgIpc) is 3.17. The lowest BCUT2D eigenvalue weighted by Gasteiger charge is -2.34. The van der Waals surface area contributed by atoms with Gasteiger partial charge in [-0.15, -0.1) is 5.10 Å². The van der Waals surface area contributed by atoms with Crippen LogP contribution in [0.1, 0.15) is 50.9 Å². The minimum Gasteiger partial charge on any atom is -0.342 e. The van der Waals surface area contributed by atoms with Gasteiger partial charge in [-0.2, -0.15) is 17.9 Å². The third kappa shape index (κ3) is 5.26. The zero-order valence-corrected chi connectivity index (χ0v) is 19.2. The maximum Gasteiger partial charge on any atom is 0.416 e. The van der Waals surface area contributed by atoms with Gasteiger partial charge in [-0.1, -0.05) is 11.6 Å². The van der Waals surface area contributed by atoms with E-state index in [-0.39, 0.29) is 41.0 Å². The zero-order chi connectivity index (χ0) is 25.5. The molecule has 0 saturated carbocycles. The van der Waals surface area contributed by atoms with E-state index in [2.05, 4.69) is 20.4 Å². The van der Waals surface area contributed by atoms with E-state index >= 15 is 0 Å². The quantitative estimate of drug-likeness (QED) is 0.525. The highest BCUT2D eigenvalue weighted by Gasteiger charge is 2.32. The molecule has 1 unspecified atom stereocenters. The van der Waals surface area contributed by atoms with Gasteiger partial charge < -0.3 is 10.2 Å². The van der Waals surface area contributed by atoms with Gasteiger partial charge >= 0.3 is 6.18 Å². The number of benzene rings is 1. The molecule has 35 heavy (non-hydrogen) atoms. The molecule has 3 aromatic rings. The predicted octanol–water partition coefficient (Wildman–Crippen LogP) is 3.93. The van der Waals surface area contributed by atoms with Gasteiger partial charge in [0.2, 0.25) is 0 Å². The highest BCUT2D eigenvalue weighted by molar-refractivity contribution is 6.31. The van der Waals surface area contributed by atoms with Crippen molar-refractivity contribution >= 4 is 23.4 Å². The summed E-state index contributed by atoms with van der Waals surface area (Å²) in [5, 5.41) is 6.63. The first-order chi connectivity index (χ1) is 16.4. The van der Waals surface area contributed by atoms with E-state index < -0.39 is 29.9 Å². The van der Waals surface area contributed by atoms with E-state index in [0.717, 1.165) is 12.1 Å². The minimum absolute atomic E-state index is 0.0430. The minimum atomic E-state index is -4.66. The molecule has 2 aromatic heterocycles. The van der Waals surface area contributed by atoms with Crippen LogP contribution in [0.25, 0.3) is 5.82 Å². The molecule has 2 amide bonds. The van der Waals surface area contributed by atoms with E-state index in [4.69, 9.17) is 11.6 Å². The van der Waals surface area contributed by atoms with E-state index in [1.165, 1.54) is 27.9 Å². The van der Waals surface area contributed by atoms with Gasteiger partial charge in [-0.3, -0.25) is 9.59 Å². The van der Waals surface area contributed by atoms with Crippen molar-refractivity contribution in [3.8, 4) is 5.82 Å². The van der Waals surface area contributed by atoms with Crippen molar-refractivity contribution in [1.82, 2.24) is 30.0 Å². The highest BCUT2D eigenvalue weighted by Crippen LogP contribution is 2.32. The van der Waals surface area contributed by atoms with E-state index in [0.29, 0.717) is 17.7 Å². The Kier molecular flexibility index (Phi) is 6.50. The number of aromatic nitrogens is 4. The van der Waals surface area contributed by atoms with Crippen LogP contribution in [0.4, 0.5) is 17.6 Å². The van der Waals surface area contributed by atoms with Crippen LogP contribution < -0.4 is 5.32 Å². The lowest BCUT2D eigenvalue weighted by molar-refractivity contribution is -0.137. The first-order valence-electron chi connectivity index (χ1n) is 10.4. The number of nitrogens with one attached hydrogen (secondary N) is 1. The number of hydrogen-bond acceptors (Lipinski definition) is 5. The third-order valence-electron chi connectivity index (χ3n) is 5.30.